The SMILES string of the molecule is CC[C@@H](CN(C)S(=O)(=O)C1CC1)N1C(=O)[C@](C)(CC(=O)NCCN(C)C)C[C@H](c2cccc(Cl)c2)[C@H]1c1ccc(Cl)cc1. The molecule has 1 N–H and O–H groups in total. The summed E-state index contributed by atoms with van der Waals surface area (Å²) in [5, 5.41) is 3.79. The first-order valence-electron chi connectivity index (χ1n) is 15.0. The topological polar surface area (TPSA) is 90.0 Å². The molecule has 1 aliphatic carbocycles. The number of rotatable bonds is 13. The number of benzene rings is 2. The molecule has 1 saturated heterocycles. The molecule has 4 rings (SSSR count). The number of likely N-dealkylation sites (N-methyl/N-ethyl adjacent to an activating group) is 2. The molecule has 0 unspecified atom stereocenters. The number of hydrogen-bond donors (Lipinski definition) is 1. The molecule has 4 atom stereocenters. The van der Waals surface area contributed by atoms with E-state index in [1.807, 2.05) is 86.3 Å². The predicted octanol–water partition coefficient (Wildman–Crippen LogP) is 5.33. The second-order valence-corrected chi connectivity index (χ2v) is 15.7. The van der Waals surface area contributed by atoms with Crippen molar-refractivity contribution in [3.8, 4) is 0 Å². The number of nitrogens with one attached hydrogen (secondary N) is 1. The van der Waals surface area contributed by atoms with Gasteiger partial charge in [0.25, 0.3) is 0 Å². The third-order valence-electron chi connectivity index (χ3n) is 8.73. The summed E-state index contributed by atoms with van der Waals surface area (Å²) in [6.07, 6.45) is 2.30. The lowest BCUT2D eigenvalue weighted by Gasteiger charge is -2.52. The van der Waals surface area contributed by atoms with E-state index < -0.39 is 27.5 Å². The Morgan fingerprint density at radius 1 is 1.07 bits per heavy atom. The smallest absolute Gasteiger partial charge is 0.229 e. The Hall–Kier alpha value is -2.17. The fraction of sp³-hybridized carbons (Fsp3) is 0.562. The van der Waals surface area contributed by atoms with E-state index in [0.717, 1.165) is 11.1 Å². The van der Waals surface area contributed by atoms with Gasteiger partial charge in [0, 0.05) is 55.1 Å². The van der Waals surface area contributed by atoms with Gasteiger partial charge in [-0.3, -0.25) is 9.59 Å². The van der Waals surface area contributed by atoms with Crippen molar-refractivity contribution in [2.24, 2.45) is 5.41 Å². The average molecular weight is 652 g/mol. The van der Waals surface area contributed by atoms with Gasteiger partial charge in [-0.2, -0.15) is 0 Å². The Morgan fingerprint density at radius 3 is 2.33 bits per heavy atom. The summed E-state index contributed by atoms with van der Waals surface area (Å²) in [5.41, 5.74) is 0.823. The second kappa shape index (κ2) is 13.9. The first-order chi connectivity index (χ1) is 20.3. The molecular formula is C32H44Cl2N4O4S. The van der Waals surface area contributed by atoms with Crippen LogP contribution in [0.15, 0.2) is 48.5 Å². The molecular weight excluding hydrogens is 607 g/mol. The summed E-state index contributed by atoms with van der Waals surface area (Å²) in [6, 6.07) is 14.3. The van der Waals surface area contributed by atoms with Gasteiger partial charge < -0.3 is 15.1 Å². The van der Waals surface area contributed by atoms with Crippen LogP contribution >= 0.6 is 23.2 Å². The number of nitrogens with zero attached hydrogens (tertiary/aromatic N) is 3. The minimum atomic E-state index is -3.46. The molecule has 1 heterocycles. The van der Waals surface area contributed by atoms with Gasteiger partial charge >= 0.3 is 0 Å². The van der Waals surface area contributed by atoms with Crippen molar-refractivity contribution in [1.82, 2.24) is 19.4 Å². The van der Waals surface area contributed by atoms with Gasteiger partial charge in [-0.25, -0.2) is 12.7 Å². The average Bonchev–Trinajstić information content (AvgIpc) is 3.80. The largest absolute Gasteiger partial charge is 0.355 e. The summed E-state index contributed by atoms with van der Waals surface area (Å²) < 4.78 is 27.8. The highest BCUT2D eigenvalue weighted by Gasteiger charge is 2.52. The zero-order valence-electron chi connectivity index (χ0n) is 25.7. The van der Waals surface area contributed by atoms with Gasteiger partial charge in [0.15, 0.2) is 0 Å². The lowest BCUT2D eigenvalue weighted by Crippen LogP contribution is -2.58. The standard InChI is InChI=1S/C32H44Cl2N4O4S/c1-6-26(21-37(5)43(41,42)27-14-15-27)38-30(22-10-12-24(33)13-11-22)28(23-8-7-9-25(34)18-23)19-32(2,31(38)40)20-29(39)35-16-17-36(3)4/h7-13,18,26-28,30H,6,14-17,19-21H2,1-5H3,(H,35,39)/t26-,28+,30+,32-/m0/s1. The number of carbonyl (C=O) groups is 2. The quantitative estimate of drug-likeness (QED) is 0.317. The molecule has 2 aromatic carbocycles. The Kier molecular flexibility index (Phi) is 10.9. The van der Waals surface area contributed by atoms with Crippen molar-refractivity contribution < 1.29 is 18.0 Å². The number of piperidine rings is 1. The molecule has 0 bridgehead atoms. The van der Waals surface area contributed by atoms with Crippen LogP contribution in [0.2, 0.25) is 10.0 Å². The van der Waals surface area contributed by atoms with E-state index in [2.05, 4.69) is 5.32 Å². The zero-order valence-corrected chi connectivity index (χ0v) is 28.1. The van der Waals surface area contributed by atoms with Gasteiger partial charge in [-0.05, 0) is 75.2 Å². The van der Waals surface area contributed by atoms with Crippen LogP contribution in [0.25, 0.3) is 0 Å². The summed E-state index contributed by atoms with van der Waals surface area (Å²) in [6.45, 7) is 5.17. The third-order valence-corrected chi connectivity index (χ3v) is 11.6. The van der Waals surface area contributed by atoms with Crippen molar-refractivity contribution in [3.05, 3.63) is 69.7 Å². The normalized spacial score (nSPS) is 23.6. The number of amides is 2. The highest BCUT2D eigenvalue weighted by Crippen LogP contribution is 2.52. The van der Waals surface area contributed by atoms with Crippen LogP contribution in [-0.4, -0.2) is 86.4 Å². The molecule has 2 aliphatic rings. The highest BCUT2D eigenvalue weighted by molar-refractivity contribution is 7.90. The van der Waals surface area contributed by atoms with Crippen LogP contribution in [0.5, 0.6) is 0 Å². The summed E-state index contributed by atoms with van der Waals surface area (Å²) in [5.74, 6) is -0.553. The maximum atomic E-state index is 14.8. The fourth-order valence-electron chi connectivity index (χ4n) is 6.22. The van der Waals surface area contributed by atoms with Gasteiger partial charge in [0.05, 0.1) is 16.7 Å². The lowest BCUT2D eigenvalue weighted by molar-refractivity contribution is -0.157. The van der Waals surface area contributed by atoms with Crippen LogP contribution in [-0.2, 0) is 19.6 Å². The molecule has 0 spiro atoms. The molecule has 236 valence electrons. The van der Waals surface area contributed by atoms with Crippen molar-refractivity contribution in [2.45, 2.75) is 69.2 Å². The zero-order chi connectivity index (χ0) is 31.5. The molecule has 0 radical (unpaired) electrons. The van der Waals surface area contributed by atoms with Gasteiger partial charge in [0.1, 0.15) is 0 Å². The van der Waals surface area contributed by atoms with Crippen LogP contribution in [0.3, 0.4) is 0 Å². The van der Waals surface area contributed by atoms with Crippen LogP contribution in [0, 0.1) is 5.41 Å². The second-order valence-electron chi connectivity index (χ2n) is 12.6. The van der Waals surface area contributed by atoms with E-state index in [-0.39, 0.29) is 35.9 Å². The Bertz CT molecular complexity index is 1400. The van der Waals surface area contributed by atoms with Crippen molar-refractivity contribution in [2.75, 3.05) is 40.8 Å². The monoisotopic (exact) mass is 650 g/mol. The van der Waals surface area contributed by atoms with Crippen molar-refractivity contribution in [3.63, 3.8) is 0 Å². The van der Waals surface area contributed by atoms with E-state index >= 15 is 0 Å². The Labute approximate surface area is 266 Å². The maximum absolute atomic E-state index is 14.8. The highest BCUT2D eigenvalue weighted by atomic mass is 35.5. The van der Waals surface area contributed by atoms with E-state index in [1.165, 1.54) is 4.31 Å². The maximum Gasteiger partial charge on any atom is 0.229 e. The summed E-state index contributed by atoms with van der Waals surface area (Å²) >= 11 is 12.8. The Balaban J connectivity index is 1.80. The minimum Gasteiger partial charge on any atom is -0.355 e. The molecule has 2 amide bonds. The summed E-state index contributed by atoms with van der Waals surface area (Å²) in [4.78, 5) is 31.8. The predicted molar refractivity (Wildman–Crippen MR) is 173 cm³/mol. The molecule has 11 heteroatoms. The van der Waals surface area contributed by atoms with Crippen LogP contribution in [0.4, 0.5) is 0 Å². The first kappa shape index (κ1) is 33.7. The lowest BCUT2D eigenvalue weighted by atomic mass is 9.67. The number of sulfonamides is 1. The summed E-state index contributed by atoms with van der Waals surface area (Å²) in [7, 11) is 2.02. The third kappa shape index (κ3) is 7.92. The fourth-order valence-corrected chi connectivity index (χ4v) is 8.16. The van der Waals surface area contributed by atoms with Crippen molar-refractivity contribution >= 4 is 45.0 Å². The molecule has 2 aromatic rings. The van der Waals surface area contributed by atoms with E-state index in [0.29, 0.717) is 48.8 Å². The van der Waals surface area contributed by atoms with Gasteiger partial charge in [-0.1, -0.05) is 61.3 Å². The number of hydrogen-bond acceptors (Lipinski definition) is 5. The van der Waals surface area contributed by atoms with Crippen LogP contribution < -0.4 is 5.32 Å². The van der Waals surface area contributed by atoms with E-state index in [1.54, 1.807) is 7.05 Å². The molecule has 2 fully saturated rings. The molecule has 1 aliphatic heterocycles. The first-order valence-corrected chi connectivity index (χ1v) is 17.2. The van der Waals surface area contributed by atoms with Crippen molar-refractivity contribution in [1.29, 1.82) is 0 Å². The molecule has 0 aromatic heterocycles. The van der Waals surface area contributed by atoms with Crippen LogP contribution in [0.1, 0.15) is 69.0 Å². The molecule has 8 nitrogen and oxygen atoms in total. The molecule has 43 heavy (non-hydrogen) atoms. The Morgan fingerprint density at radius 2 is 1.74 bits per heavy atom. The van der Waals surface area contributed by atoms with E-state index in [4.69, 9.17) is 23.2 Å². The van der Waals surface area contributed by atoms with Gasteiger partial charge in [0.2, 0.25) is 21.8 Å². The number of carbonyl (C=O) groups excluding carboxylic acids is 2. The molecule has 1 saturated carbocycles. The minimum absolute atomic E-state index is 0.0206. The number of likely N-dealkylation sites (tertiary alicyclic amines) is 1. The van der Waals surface area contributed by atoms with E-state index in [9.17, 15) is 18.0 Å². The number of halogens is 2. The van der Waals surface area contributed by atoms with Gasteiger partial charge in [-0.15, -0.1) is 0 Å².